The number of hydrogen-bond donors (Lipinski definition) is 1. The van der Waals surface area contributed by atoms with Gasteiger partial charge in [0.15, 0.2) is 0 Å². The molecule has 0 spiro atoms. The van der Waals surface area contributed by atoms with Crippen molar-refractivity contribution in [2.45, 2.75) is 25.3 Å². The molecule has 0 saturated carbocycles. The van der Waals surface area contributed by atoms with Crippen molar-refractivity contribution >= 4 is 11.6 Å². The second-order valence-corrected chi connectivity index (χ2v) is 5.74. The van der Waals surface area contributed by atoms with Crippen LogP contribution in [0.3, 0.4) is 0 Å². The maximum atomic E-state index is 13.7. The molecule has 1 nitrogen and oxygen atoms in total. The summed E-state index contributed by atoms with van der Waals surface area (Å²) in [5, 5.41) is 0.343. The van der Waals surface area contributed by atoms with Crippen LogP contribution in [0.15, 0.2) is 42.5 Å². The van der Waals surface area contributed by atoms with Gasteiger partial charge < -0.3 is 5.73 Å². The van der Waals surface area contributed by atoms with Crippen molar-refractivity contribution in [3.8, 4) is 0 Å². The van der Waals surface area contributed by atoms with E-state index in [1.807, 2.05) is 6.92 Å². The first-order chi connectivity index (χ1) is 9.37. The van der Waals surface area contributed by atoms with Gasteiger partial charge in [-0.3, -0.25) is 0 Å². The first-order valence-corrected chi connectivity index (χ1v) is 6.71. The second-order valence-electron chi connectivity index (χ2n) is 5.33. The molecule has 0 aliphatic heterocycles. The van der Waals surface area contributed by atoms with Crippen molar-refractivity contribution in [2.75, 3.05) is 0 Å². The summed E-state index contributed by atoms with van der Waals surface area (Å²) >= 11 is 6.00. The molecule has 2 N–H and O–H groups in total. The molecule has 2 rings (SSSR count). The Balaban J connectivity index is 2.17. The predicted octanol–water partition coefficient (Wildman–Crippen LogP) is 4.12. The fourth-order valence-corrected chi connectivity index (χ4v) is 2.47. The molecule has 2 aromatic rings. The third kappa shape index (κ3) is 3.78. The molecular weight excluding hydrogens is 280 g/mol. The lowest BCUT2D eigenvalue weighted by molar-refractivity contribution is 0.451. The van der Waals surface area contributed by atoms with E-state index in [-0.39, 0.29) is 11.6 Å². The van der Waals surface area contributed by atoms with Crippen LogP contribution in [0.1, 0.15) is 18.1 Å². The van der Waals surface area contributed by atoms with Gasteiger partial charge >= 0.3 is 0 Å². The van der Waals surface area contributed by atoms with E-state index in [0.29, 0.717) is 23.4 Å². The first kappa shape index (κ1) is 14.9. The van der Waals surface area contributed by atoms with E-state index in [0.717, 1.165) is 5.56 Å². The highest BCUT2D eigenvalue weighted by Gasteiger charge is 2.22. The number of nitrogens with two attached hydrogens (primary N) is 1. The predicted molar refractivity (Wildman–Crippen MR) is 77.8 cm³/mol. The van der Waals surface area contributed by atoms with Crippen molar-refractivity contribution in [1.82, 2.24) is 0 Å². The summed E-state index contributed by atoms with van der Waals surface area (Å²) in [6, 6.07) is 10.8. The average molecular weight is 296 g/mol. The van der Waals surface area contributed by atoms with Gasteiger partial charge in [-0.1, -0.05) is 35.9 Å². The zero-order chi connectivity index (χ0) is 14.8. The van der Waals surface area contributed by atoms with Crippen molar-refractivity contribution in [1.29, 1.82) is 0 Å². The van der Waals surface area contributed by atoms with Gasteiger partial charge in [0.05, 0.1) is 0 Å². The second kappa shape index (κ2) is 5.90. The molecule has 0 heterocycles. The van der Waals surface area contributed by atoms with Crippen LogP contribution in [-0.2, 0) is 12.8 Å². The molecular formula is C16H16ClF2N. The smallest absolute Gasteiger partial charge is 0.126 e. The fraction of sp³-hybridized carbons (Fsp3) is 0.250. The lowest BCUT2D eigenvalue weighted by Gasteiger charge is -2.25. The summed E-state index contributed by atoms with van der Waals surface area (Å²) in [6.45, 7) is 1.83. The van der Waals surface area contributed by atoms with Crippen LogP contribution in [0.25, 0.3) is 0 Å². The standard InChI is InChI=1S/C16H16ClF2N/c1-16(20,10-12-4-2-3-5-15(12)19)9-11-6-7-13(18)8-14(11)17/h2-8H,9-10,20H2,1H3. The largest absolute Gasteiger partial charge is 0.325 e. The summed E-state index contributed by atoms with van der Waals surface area (Å²) in [4.78, 5) is 0. The summed E-state index contributed by atoms with van der Waals surface area (Å²) in [5.74, 6) is -0.652. The minimum atomic E-state index is -0.663. The Morgan fingerprint density at radius 1 is 1.05 bits per heavy atom. The van der Waals surface area contributed by atoms with E-state index in [1.54, 1.807) is 24.3 Å². The van der Waals surface area contributed by atoms with Gasteiger partial charge in [-0.05, 0) is 49.1 Å². The maximum Gasteiger partial charge on any atom is 0.126 e. The molecule has 0 aromatic heterocycles. The third-order valence-electron chi connectivity index (χ3n) is 3.16. The zero-order valence-electron chi connectivity index (χ0n) is 11.2. The SMILES string of the molecule is CC(N)(Cc1ccccc1F)Cc1ccc(F)cc1Cl. The van der Waals surface area contributed by atoms with Gasteiger partial charge in [-0.2, -0.15) is 0 Å². The molecule has 106 valence electrons. The van der Waals surface area contributed by atoms with Gasteiger partial charge in [0.2, 0.25) is 0 Å². The molecule has 1 unspecified atom stereocenters. The number of rotatable bonds is 4. The topological polar surface area (TPSA) is 26.0 Å². The monoisotopic (exact) mass is 295 g/mol. The molecule has 0 bridgehead atoms. The highest BCUT2D eigenvalue weighted by molar-refractivity contribution is 6.31. The van der Waals surface area contributed by atoms with Crippen LogP contribution >= 0.6 is 11.6 Å². The Morgan fingerprint density at radius 2 is 1.70 bits per heavy atom. The number of halogens is 3. The third-order valence-corrected chi connectivity index (χ3v) is 3.51. The quantitative estimate of drug-likeness (QED) is 0.902. The lowest BCUT2D eigenvalue weighted by atomic mass is 9.87. The molecule has 0 fully saturated rings. The van der Waals surface area contributed by atoms with Gasteiger partial charge in [0.1, 0.15) is 11.6 Å². The highest BCUT2D eigenvalue weighted by Crippen LogP contribution is 2.24. The van der Waals surface area contributed by atoms with Crippen LogP contribution in [0.5, 0.6) is 0 Å². The number of benzene rings is 2. The fourth-order valence-electron chi connectivity index (χ4n) is 2.24. The zero-order valence-corrected chi connectivity index (χ0v) is 11.9. The minimum Gasteiger partial charge on any atom is -0.325 e. The van der Waals surface area contributed by atoms with Crippen LogP contribution in [0.4, 0.5) is 8.78 Å². The van der Waals surface area contributed by atoms with E-state index in [4.69, 9.17) is 17.3 Å². The molecule has 0 aliphatic carbocycles. The van der Waals surface area contributed by atoms with Crippen molar-refractivity contribution in [3.05, 3.63) is 70.2 Å². The average Bonchev–Trinajstić information content (AvgIpc) is 2.35. The van der Waals surface area contributed by atoms with Gasteiger partial charge in [-0.15, -0.1) is 0 Å². The lowest BCUT2D eigenvalue weighted by Crippen LogP contribution is -2.41. The van der Waals surface area contributed by atoms with Crippen molar-refractivity contribution < 1.29 is 8.78 Å². The molecule has 20 heavy (non-hydrogen) atoms. The Kier molecular flexibility index (Phi) is 4.41. The van der Waals surface area contributed by atoms with Gasteiger partial charge in [0, 0.05) is 10.6 Å². The molecule has 2 aromatic carbocycles. The minimum absolute atomic E-state index is 0.269. The van der Waals surface area contributed by atoms with E-state index in [2.05, 4.69) is 0 Å². The Hall–Kier alpha value is -1.45. The molecule has 0 radical (unpaired) electrons. The Morgan fingerprint density at radius 3 is 2.35 bits per heavy atom. The van der Waals surface area contributed by atoms with E-state index < -0.39 is 5.54 Å². The highest BCUT2D eigenvalue weighted by atomic mass is 35.5. The van der Waals surface area contributed by atoms with Crippen LogP contribution in [-0.4, -0.2) is 5.54 Å². The van der Waals surface area contributed by atoms with E-state index >= 15 is 0 Å². The van der Waals surface area contributed by atoms with E-state index in [9.17, 15) is 8.78 Å². The molecule has 0 aliphatic rings. The molecule has 0 amide bonds. The maximum absolute atomic E-state index is 13.7. The van der Waals surface area contributed by atoms with Crippen LogP contribution < -0.4 is 5.73 Å². The van der Waals surface area contributed by atoms with E-state index in [1.165, 1.54) is 18.2 Å². The van der Waals surface area contributed by atoms with Gasteiger partial charge in [-0.25, -0.2) is 8.78 Å². The number of hydrogen-bond acceptors (Lipinski definition) is 1. The van der Waals surface area contributed by atoms with Crippen LogP contribution in [0.2, 0.25) is 5.02 Å². The van der Waals surface area contributed by atoms with Gasteiger partial charge in [0.25, 0.3) is 0 Å². The molecule has 4 heteroatoms. The molecule has 1 atom stereocenters. The Bertz CT molecular complexity index is 611. The summed E-state index contributed by atoms with van der Waals surface area (Å²) in [7, 11) is 0. The van der Waals surface area contributed by atoms with Crippen LogP contribution in [0, 0.1) is 11.6 Å². The normalized spacial score (nSPS) is 14.1. The van der Waals surface area contributed by atoms with Crippen molar-refractivity contribution in [2.24, 2.45) is 5.73 Å². The summed E-state index contributed by atoms with van der Waals surface area (Å²) in [5.41, 5.74) is 6.90. The summed E-state index contributed by atoms with van der Waals surface area (Å²) < 4.78 is 26.7. The first-order valence-electron chi connectivity index (χ1n) is 6.34. The molecule has 0 saturated heterocycles. The summed E-state index contributed by atoms with van der Waals surface area (Å²) in [6.07, 6.45) is 0.827. The van der Waals surface area contributed by atoms with Crippen molar-refractivity contribution in [3.63, 3.8) is 0 Å². The Labute approximate surface area is 122 Å².